The van der Waals surface area contributed by atoms with Crippen LogP contribution in [0, 0.1) is 38.4 Å². The molecule has 0 aromatic heterocycles. The SMILES string of the molecule is CC[C@H](C)[C@H](NC(=O)CNC(=O)[C@@H](N)CS)C(=O)N[C@@H](CO)C(=O)N[C@@H](Cc1ccc(O)cc1)C(=O)NCC(=O)N[C@@H](CCCNC(=N)N)C(=O)N[C@@H](CCCCN)C(=O)N[C@@H](CCCCN)C(=O)N[C@@H](CCCNC(=N)N)C(=O)N[C@@H](CCCNC(=N)N)C(=O)N[C@@H](CCC(N)=O)C(=O)N[C@@H](CCCNC(=N)N)C(=O)N[C@@H](CCCNC(=N)N)C(=O)N[C@@H](CCCNC(=N)N)C(N)=O. The van der Waals surface area contributed by atoms with Gasteiger partial charge in [-0.3, -0.25) is 109 Å². The summed E-state index contributed by atoms with van der Waals surface area (Å²) in [5, 5.41) is 117. The molecule has 0 bridgehead atoms. The Morgan fingerprint density at radius 1 is 0.343 bits per heavy atom. The van der Waals surface area contributed by atoms with Gasteiger partial charge in [-0.1, -0.05) is 32.4 Å². The number of hydrogen-bond acceptors (Lipinski definition) is 28. The highest BCUT2D eigenvalue weighted by atomic mass is 32.1. The van der Waals surface area contributed by atoms with Gasteiger partial charge < -0.3 is 180 Å². The first kappa shape index (κ1) is 118. The van der Waals surface area contributed by atoms with Crippen molar-refractivity contribution in [2.24, 2.45) is 69.0 Å². The summed E-state index contributed by atoms with van der Waals surface area (Å²) in [7, 11) is 0. The van der Waals surface area contributed by atoms with Crippen molar-refractivity contribution in [3.05, 3.63) is 29.8 Å². The van der Waals surface area contributed by atoms with E-state index < -0.39 is 241 Å². The van der Waals surface area contributed by atoms with E-state index in [-0.39, 0.29) is 185 Å². The lowest BCUT2D eigenvalue weighted by molar-refractivity contribution is -0.136. The van der Waals surface area contributed by atoms with Gasteiger partial charge >= 0.3 is 0 Å². The summed E-state index contributed by atoms with van der Waals surface area (Å²) >= 11 is 3.97. The monoisotopic (exact) mass is 1920 g/mol. The Morgan fingerprint density at radius 3 is 0.918 bits per heavy atom. The normalized spacial score (nSPS) is 14.0. The number of phenolic OH excluding ortho intramolecular Hbond substituents is 1. The summed E-state index contributed by atoms with van der Waals surface area (Å²) in [6.45, 7) is 0.905. The molecule has 16 amide bonds. The molecule has 0 aliphatic rings. The highest BCUT2D eigenvalue weighted by molar-refractivity contribution is 7.80. The van der Waals surface area contributed by atoms with Crippen LogP contribution in [-0.2, 0) is 83.1 Å². The van der Waals surface area contributed by atoms with Crippen LogP contribution in [0.2, 0.25) is 0 Å². The van der Waals surface area contributed by atoms with E-state index in [1.807, 2.05) is 0 Å². The molecule has 0 spiro atoms. The molecule has 1 rings (SSSR count). The molecule has 14 atom stereocenters. The highest BCUT2D eigenvalue weighted by Gasteiger charge is 2.38. The topological polar surface area (TPSA) is 983 Å². The van der Waals surface area contributed by atoms with Gasteiger partial charge in [0.15, 0.2) is 35.8 Å². The van der Waals surface area contributed by atoms with Crippen molar-refractivity contribution >= 4 is 143 Å². The lowest BCUT2D eigenvalue weighted by Gasteiger charge is -2.28. The lowest BCUT2D eigenvalue weighted by atomic mass is 9.97. The molecule has 754 valence electrons. The molecular formula is C78H143N37O18S. The number of nitrogens with two attached hydrogens (primary N) is 11. The molecule has 55 nitrogen and oxygen atoms in total. The van der Waals surface area contributed by atoms with Gasteiger partial charge in [0.1, 0.15) is 78.3 Å². The van der Waals surface area contributed by atoms with Gasteiger partial charge in [0.05, 0.1) is 25.7 Å². The molecule has 50 N–H and O–H groups in total. The predicted molar refractivity (Wildman–Crippen MR) is 498 cm³/mol. The molecule has 1 aromatic rings. The number of unbranched alkanes of at least 4 members (excludes halogenated alkanes) is 2. The lowest BCUT2D eigenvalue weighted by Crippen LogP contribution is -2.60. The number of thiol groups is 1. The third-order valence-corrected chi connectivity index (χ3v) is 20.6. The number of guanidine groups is 6. The number of aliphatic hydroxyl groups excluding tert-OH is 1. The van der Waals surface area contributed by atoms with E-state index in [2.05, 4.69) is 119 Å². The van der Waals surface area contributed by atoms with Crippen LogP contribution in [0.4, 0.5) is 0 Å². The number of aromatic hydroxyl groups is 1. The van der Waals surface area contributed by atoms with Crippen molar-refractivity contribution in [1.29, 1.82) is 32.5 Å². The van der Waals surface area contributed by atoms with Crippen LogP contribution in [0.5, 0.6) is 5.75 Å². The molecule has 0 saturated heterocycles. The Morgan fingerprint density at radius 2 is 0.619 bits per heavy atom. The Bertz CT molecular complexity index is 4050. The maximum Gasteiger partial charge on any atom is 0.245 e. The fourth-order valence-corrected chi connectivity index (χ4v) is 12.9. The third-order valence-electron chi connectivity index (χ3n) is 20.2. The van der Waals surface area contributed by atoms with Crippen LogP contribution in [0.25, 0.3) is 0 Å². The van der Waals surface area contributed by atoms with E-state index >= 15 is 0 Å². The summed E-state index contributed by atoms with van der Waals surface area (Å²) in [5.41, 5.74) is 62.1. The van der Waals surface area contributed by atoms with Gasteiger partial charge in [-0.15, -0.1) is 0 Å². The fraction of sp³-hybridized carbons (Fsp3) is 0.641. The number of primary amides is 2. The number of carbonyl (C=O) groups excluding carboxylic acids is 16. The van der Waals surface area contributed by atoms with Crippen LogP contribution in [0.1, 0.15) is 154 Å². The molecule has 0 saturated carbocycles. The van der Waals surface area contributed by atoms with Gasteiger partial charge in [0.25, 0.3) is 0 Å². The first-order chi connectivity index (χ1) is 63.4. The van der Waals surface area contributed by atoms with E-state index in [1.54, 1.807) is 13.8 Å². The summed E-state index contributed by atoms with van der Waals surface area (Å²) in [4.78, 5) is 224. The van der Waals surface area contributed by atoms with Crippen molar-refractivity contribution in [2.45, 2.75) is 234 Å². The number of phenols is 1. The van der Waals surface area contributed by atoms with Gasteiger partial charge in [0, 0.05) is 57.9 Å². The second-order valence-corrected chi connectivity index (χ2v) is 31.7. The number of carbonyl (C=O) groups is 16. The maximum atomic E-state index is 15.0. The summed E-state index contributed by atoms with van der Waals surface area (Å²) in [5.74, 6) is -19.1. The number of nitrogens with one attached hydrogen (secondary N) is 26. The van der Waals surface area contributed by atoms with Crippen molar-refractivity contribution in [2.75, 3.05) is 77.8 Å². The van der Waals surface area contributed by atoms with Crippen LogP contribution in [0.3, 0.4) is 0 Å². The molecule has 0 heterocycles. The predicted octanol–water partition coefficient (Wildman–Crippen LogP) is -13.1. The highest BCUT2D eigenvalue weighted by Crippen LogP contribution is 2.16. The second-order valence-electron chi connectivity index (χ2n) is 31.3. The minimum atomic E-state index is -1.77. The average Bonchev–Trinajstić information content (AvgIpc) is 0.856. The zero-order valence-corrected chi connectivity index (χ0v) is 76.6. The van der Waals surface area contributed by atoms with Crippen molar-refractivity contribution in [3.63, 3.8) is 0 Å². The summed E-state index contributed by atoms with van der Waals surface area (Å²) < 4.78 is 0. The van der Waals surface area contributed by atoms with Crippen LogP contribution in [0.15, 0.2) is 24.3 Å². The van der Waals surface area contributed by atoms with Gasteiger partial charge in [-0.25, -0.2) is 0 Å². The fourth-order valence-electron chi connectivity index (χ4n) is 12.7. The summed E-state index contributed by atoms with van der Waals surface area (Å²) in [6, 6.07) is -14.5. The largest absolute Gasteiger partial charge is 0.508 e. The van der Waals surface area contributed by atoms with Crippen LogP contribution >= 0.6 is 12.6 Å². The number of aliphatic hydroxyl groups is 1. The van der Waals surface area contributed by atoms with Crippen molar-refractivity contribution in [3.8, 4) is 5.75 Å². The Labute approximate surface area is 781 Å². The molecule has 134 heavy (non-hydrogen) atoms. The maximum absolute atomic E-state index is 15.0. The molecule has 56 heteroatoms. The van der Waals surface area contributed by atoms with Gasteiger partial charge in [0.2, 0.25) is 94.5 Å². The van der Waals surface area contributed by atoms with Crippen molar-refractivity contribution in [1.82, 2.24) is 106 Å². The van der Waals surface area contributed by atoms with Gasteiger partial charge in [-0.05, 0) is 159 Å². The first-order valence-corrected chi connectivity index (χ1v) is 44.4. The minimum Gasteiger partial charge on any atom is -0.508 e. The van der Waals surface area contributed by atoms with Crippen LogP contribution in [-0.4, -0.2) is 297 Å². The number of amides is 16. The number of rotatable bonds is 70. The van der Waals surface area contributed by atoms with E-state index in [0.717, 1.165) is 0 Å². The molecule has 0 radical (unpaired) electrons. The zero-order valence-electron chi connectivity index (χ0n) is 75.7. The van der Waals surface area contributed by atoms with Gasteiger partial charge in [-0.2, -0.15) is 12.6 Å². The van der Waals surface area contributed by atoms with E-state index in [9.17, 15) is 86.9 Å². The Hall–Kier alpha value is -13.6. The molecular weight excluding hydrogens is 1780 g/mol. The third kappa shape index (κ3) is 51.8. The van der Waals surface area contributed by atoms with E-state index in [1.165, 1.54) is 24.3 Å². The molecule has 0 aliphatic carbocycles. The van der Waals surface area contributed by atoms with E-state index in [4.69, 9.17) is 95.5 Å². The molecule has 0 aliphatic heterocycles. The molecule has 1 aromatic carbocycles. The minimum absolute atomic E-state index is 0.00526. The van der Waals surface area contributed by atoms with E-state index in [0.29, 0.717) is 18.4 Å². The number of hydrogen-bond donors (Lipinski definition) is 40. The van der Waals surface area contributed by atoms with Crippen LogP contribution < -0.4 is 169 Å². The Balaban J connectivity index is 3.96. The molecule has 0 fully saturated rings. The van der Waals surface area contributed by atoms with Crippen molar-refractivity contribution < 1.29 is 86.9 Å². The molecule has 0 unspecified atom stereocenters. The standard InChI is InChI=1S/C78H143N37O18S/c1-3-41(2)59(115-58(120)38-102-61(122)44(81)40-134)72(133)114-55(39-116)71(132)113-54(36-42-22-24-43(117)25-23-42)62(123)103-37-57(119)104-46(17-9-31-97-74(86)87)63(124)106-47(14-4-6-28-79)65(126)107-48(15-5-7-29-80)66(127)109-50(19-11-33-99-76(90)91)67(128)110-52(21-13-35-101-78(94)95)69(130)112-53(26-27-56(82)118)70(131)111-51(20-12-34-100-77(92)93)68(129)108-49(18-10-32-98-75(88)89)64(125)105-45(60(83)121)16-8-30-96-73(84)85/h22-25,41,44-55,59,116-117,134H,3-21,26-40,79-81H2,1-2H3,(H2,82,118)(H2,83,121)(H,102,122)(H,103,123)(H,104,119)(H,105,125)(H,106,124)(H,107,126)(H,108,129)(H,109,127)(H,110,128)(H,111,131)(H,112,130)(H,113,132)(H,114,133)(H,115,120)(H4,84,85,96)(H4,86,87,97)(H4,88,89,98)(H4,90,91,99)(H4,92,93,100)(H4,94,95,101)/t41-,44-,45-,46-,47-,48-,49-,50-,51-,52-,53-,54-,55-,59-/m0/s1. The quantitative estimate of drug-likeness (QED) is 0.0125. The zero-order chi connectivity index (χ0) is 101. The first-order valence-electron chi connectivity index (χ1n) is 43.8. The average molecular weight is 1920 g/mol. The Kier molecular flexibility index (Phi) is 58.9. The second kappa shape index (κ2) is 66.7. The smallest absolute Gasteiger partial charge is 0.245 e. The number of benzene rings is 1. The summed E-state index contributed by atoms with van der Waals surface area (Å²) in [6.07, 6.45) is -1.68.